The van der Waals surface area contributed by atoms with Crippen molar-refractivity contribution < 1.29 is 19.7 Å². The number of ether oxygens (including phenoxy) is 2. The van der Waals surface area contributed by atoms with Crippen LogP contribution >= 0.6 is 0 Å². The van der Waals surface area contributed by atoms with Crippen molar-refractivity contribution in [1.29, 1.82) is 0 Å². The second-order valence-electron chi connectivity index (χ2n) is 1.91. The molecule has 0 saturated carbocycles. The highest BCUT2D eigenvalue weighted by atomic mass is 16.6. The lowest BCUT2D eigenvalue weighted by Crippen LogP contribution is -2.09. The van der Waals surface area contributed by atoms with Crippen molar-refractivity contribution in [2.45, 2.75) is 6.92 Å². The molecule has 1 radical (unpaired) electrons. The molecule has 1 N–H and O–H groups in total. The third kappa shape index (κ3) is 7.02. The molecule has 0 atom stereocenters. The summed E-state index contributed by atoms with van der Waals surface area (Å²) in [4.78, 5) is 10.6. The lowest BCUT2D eigenvalue weighted by molar-refractivity contribution is -0.140. The van der Waals surface area contributed by atoms with Crippen molar-refractivity contribution in [1.82, 2.24) is 0 Å². The Labute approximate surface area is 66.1 Å². The lowest BCUT2D eigenvalue weighted by atomic mass is 10.4. The van der Waals surface area contributed by atoms with E-state index in [0.29, 0.717) is 18.8 Å². The number of hydrogen-bond donors (Lipinski definition) is 1. The van der Waals surface area contributed by atoms with Crippen LogP contribution in [-0.4, -0.2) is 31.8 Å². The largest absolute Gasteiger partial charge is 0.460 e. The Morgan fingerprint density at radius 2 is 2.00 bits per heavy atom. The SMILES string of the molecule is C=C(C)C(=O)OCCOC.[OH]. The van der Waals surface area contributed by atoms with E-state index in [-0.39, 0.29) is 11.4 Å². The minimum absolute atomic E-state index is 0. The monoisotopic (exact) mass is 161 g/mol. The van der Waals surface area contributed by atoms with Gasteiger partial charge in [-0.3, -0.25) is 5.48 Å². The third-order valence-electron chi connectivity index (χ3n) is 0.869. The fourth-order valence-electron chi connectivity index (χ4n) is 0.341. The number of carbonyl (C=O) groups excluding carboxylic acids is 1. The van der Waals surface area contributed by atoms with Crippen molar-refractivity contribution in [3.8, 4) is 0 Å². The molecule has 0 rings (SSSR count). The molecule has 0 aliphatic carbocycles. The first kappa shape index (κ1) is 12.8. The summed E-state index contributed by atoms with van der Waals surface area (Å²) in [5.41, 5.74) is 0.413. The summed E-state index contributed by atoms with van der Waals surface area (Å²) in [6.45, 7) is 5.75. The van der Waals surface area contributed by atoms with Gasteiger partial charge in [-0.25, -0.2) is 4.79 Å². The van der Waals surface area contributed by atoms with Crippen LogP contribution in [0.15, 0.2) is 12.2 Å². The highest BCUT2D eigenvalue weighted by Gasteiger charge is 2.00. The van der Waals surface area contributed by atoms with Crippen LogP contribution in [0, 0.1) is 0 Å². The van der Waals surface area contributed by atoms with E-state index in [0.717, 1.165) is 0 Å². The van der Waals surface area contributed by atoms with E-state index >= 15 is 0 Å². The molecule has 0 aromatic rings. The van der Waals surface area contributed by atoms with Crippen molar-refractivity contribution in [3.05, 3.63) is 12.2 Å². The van der Waals surface area contributed by atoms with Gasteiger partial charge in [0, 0.05) is 12.7 Å². The molecular weight excluding hydrogens is 148 g/mol. The first-order valence-electron chi connectivity index (χ1n) is 3.00. The molecule has 0 bridgehead atoms. The Balaban J connectivity index is 0. The zero-order chi connectivity index (χ0) is 7.98. The van der Waals surface area contributed by atoms with Gasteiger partial charge in [-0.2, -0.15) is 0 Å². The molecule has 0 aliphatic heterocycles. The molecule has 0 saturated heterocycles. The van der Waals surface area contributed by atoms with Crippen LogP contribution in [0.25, 0.3) is 0 Å². The van der Waals surface area contributed by atoms with Crippen molar-refractivity contribution in [2.75, 3.05) is 20.3 Å². The second kappa shape index (κ2) is 7.24. The van der Waals surface area contributed by atoms with Crippen molar-refractivity contribution >= 4 is 5.97 Å². The zero-order valence-electron chi connectivity index (χ0n) is 6.79. The van der Waals surface area contributed by atoms with Crippen LogP contribution in [0.2, 0.25) is 0 Å². The van der Waals surface area contributed by atoms with Crippen LogP contribution < -0.4 is 0 Å². The molecular formula is C7H13O4. The third-order valence-corrected chi connectivity index (χ3v) is 0.869. The van der Waals surface area contributed by atoms with E-state index < -0.39 is 0 Å². The summed E-state index contributed by atoms with van der Waals surface area (Å²) < 4.78 is 9.35. The van der Waals surface area contributed by atoms with Gasteiger partial charge in [-0.1, -0.05) is 6.58 Å². The Morgan fingerprint density at radius 1 is 1.45 bits per heavy atom. The van der Waals surface area contributed by atoms with Gasteiger partial charge in [0.1, 0.15) is 6.61 Å². The number of methoxy groups -OCH3 is 1. The molecule has 4 heteroatoms. The quantitative estimate of drug-likeness (QED) is 0.372. The van der Waals surface area contributed by atoms with E-state index in [1.807, 2.05) is 0 Å². The summed E-state index contributed by atoms with van der Waals surface area (Å²) in [6, 6.07) is 0. The summed E-state index contributed by atoms with van der Waals surface area (Å²) in [6.07, 6.45) is 0. The normalized spacial score (nSPS) is 8.18. The lowest BCUT2D eigenvalue weighted by Gasteiger charge is -2.01. The average Bonchev–Trinajstić information content (AvgIpc) is 1.88. The number of esters is 1. The molecule has 0 aromatic heterocycles. The summed E-state index contributed by atoms with van der Waals surface area (Å²) in [5.74, 6) is -0.364. The number of hydrogen-bond acceptors (Lipinski definition) is 3. The molecule has 11 heavy (non-hydrogen) atoms. The predicted molar refractivity (Wildman–Crippen MR) is 39.6 cm³/mol. The number of carbonyl (C=O) groups is 1. The highest BCUT2D eigenvalue weighted by molar-refractivity contribution is 5.86. The molecule has 0 heterocycles. The predicted octanol–water partition coefficient (Wildman–Crippen LogP) is 0.575. The van der Waals surface area contributed by atoms with Crippen molar-refractivity contribution in [3.63, 3.8) is 0 Å². The van der Waals surface area contributed by atoms with E-state index in [4.69, 9.17) is 0 Å². The Morgan fingerprint density at radius 3 is 2.36 bits per heavy atom. The minimum atomic E-state index is -0.364. The van der Waals surface area contributed by atoms with Crippen LogP contribution in [0.4, 0.5) is 0 Å². The van der Waals surface area contributed by atoms with E-state index in [1.165, 1.54) is 0 Å². The van der Waals surface area contributed by atoms with Crippen molar-refractivity contribution in [2.24, 2.45) is 0 Å². The number of rotatable bonds is 4. The summed E-state index contributed by atoms with van der Waals surface area (Å²) >= 11 is 0. The smallest absolute Gasteiger partial charge is 0.333 e. The maximum Gasteiger partial charge on any atom is 0.333 e. The van der Waals surface area contributed by atoms with E-state index in [9.17, 15) is 4.79 Å². The van der Waals surface area contributed by atoms with Gasteiger partial charge in [0.15, 0.2) is 0 Å². The maximum atomic E-state index is 10.6. The van der Waals surface area contributed by atoms with Gasteiger partial charge in [0.2, 0.25) is 0 Å². The summed E-state index contributed by atoms with van der Waals surface area (Å²) in [7, 11) is 1.55. The molecule has 0 aliphatic rings. The van der Waals surface area contributed by atoms with Gasteiger partial charge < -0.3 is 9.47 Å². The zero-order valence-corrected chi connectivity index (χ0v) is 6.79. The first-order valence-corrected chi connectivity index (χ1v) is 3.00. The average molecular weight is 161 g/mol. The van der Waals surface area contributed by atoms with Gasteiger partial charge in [0.05, 0.1) is 6.61 Å². The highest BCUT2D eigenvalue weighted by Crippen LogP contribution is 1.90. The Hall–Kier alpha value is -0.870. The van der Waals surface area contributed by atoms with Gasteiger partial charge in [-0.15, -0.1) is 0 Å². The molecule has 0 fully saturated rings. The minimum Gasteiger partial charge on any atom is -0.460 e. The standard InChI is InChI=1S/C7H12O3.HO/c1-6(2)7(8)10-5-4-9-3;/h1,4-5H2,2-3H3;1H. The van der Waals surface area contributed by atoms with Gasteiger partial charge in [-0.05, 0) is 6.92 Å². The Kier molecular flexibility index (Phi) is 8.41. The maximum absolute atomic E-state index is 10.6. The molecule has 65 valence electrons. The van der Waals surface area contributed by atoms with Crippen LogP contribution in [0.3, 0.4) is 0 Å². The van der Waals surface area contributed by atoms with Crippen LogP contribution in [0.1, 0.15) is 6.92 Å². The first-order chi connectivity index (χ1) is 4.68. The van der Waals surface area contributed by atoms with Gasteiger partial charge >= 0.3 is 5.97 Å². The van der Waals surface area contributed by atoms with E-state index in [2.05, 4.69) is 16.1 Å². The molecule has 0 unspecified atom stereocenters. The second-order valence-corrected chi connectivity index (χ2v) is 1.91. The van der Waals surface area contributed by atoms with Crippen LogP contribution in [-0.2, 0) is 14.3 Å². The molecule has 0 amide bonds. The molecule has 0 aromatic carbocycles. The Bertz CT molecular complexity index is 130. The van der Waals surface area contributed by atoms with E-state index in [1.54, 1.807) is 14.0 Å². The summed E-state index contributed by atoms with van der Waals surface area (Å²) in [5, 5.41) is 0. The van der Waals surface area contributed by atoms with Gasteiger partial charge in [0.25, 0.3) is 0 Å². The fraction of sp³-hybridized carbons (Fsp3) is 0.571. The fourth-order valence-corrected chi connectivity index (χ4v) is 0.341. The molecule has 0 spiro atoms. The topological polar surface area (TPSA) is 65.5 Å². The van der Waals surface area contributed by atoms with Crippen LogP contribution in [0.5, 0.6) is 0 Å². The molecule has 4 nitrogen and oxygen atoms in total.